The largest absolute Gasteiger partial charge is 0.411 e. The summed E-state index contributed by atoms with van der Waals surface area (Å²) in [7, 11) is 4.03. The highest BCUT2D eigenvalue weighted by atomic mass is 32.2. The summed E-state index contributed by atoms with van der Waals surface area (Å²) in [5.41, 5.74) is 4.26. The van der Waals surface area contributed by atoms with E-state index < -0.39 is 0 Å². The van der Waals surface area contributed by atoms with Crippen molar-refractivity contribution in [1.29, 1.82) is 0 Å². The van der Waals surface area contributed by atoms with Gasteiger partial charge in [0.05, 0.1) is 11.9 Å². The Kier molecular flexibility index (Phi) is 7.67. The Hall–Kier alpha value is -2.84. The molecule has 0 radical (unpaired) electrons. The first-order chi connectivity index (χ1) is 16.0. The number of carbonyl (C=O) groups is 1. The van der Waals surface area contributed by atoms with Crippen molar-refractivity contribution in [2.45, 2.75) is 37.6 Å². The number of hydrogen-bond donors (Lipinski definition) is 0. The molecule has 1 amide bonds. The van der Waals surface area contributed by atoms with E-state index in [1.807, 2.05) is 50.2 Å². The molecule has 8 heteroatoms. The number of benzene rings is 2. The Balaban J connectivity index is 1.39. The van der Waals surface area contributed by atoms with Crippen LogP contribution in [-0.4, -0.2) is 60.1 Å². The number of aromatic nitrogens is 2. The van der Waals surface area contributed by atoms with Crippen LogP contribution in [0.4, 0.5) is 5.69 Å². The van der Waals surface area contributed by atoms with E-state index in [4.69, 9.17) is 9.15 Å². The minimum atomic E-state index is 0.0299. The Morgan fingerprint density at radius 2 is 1.85 bits per heavy atom. The second kappa shape index (κ2) is 10.9. The lowest BCUT2D eigenvalue weighted by Gasteiger charge is -2.25. The lowest BCUT2D eigenvalue weighted by molar-refractivity contribution is -0.130. The second-order valence-corrected chi connectivity index (χ2v) is 9.42. The first-order valence-corrected chi connectivity index (χ1v) is 12.2. The summed E-state index contributed by atoms with van der Waals surface area (Å²) in [5, 5.41) is 8.63. The minimum absolute atomic E-state index is 0.0299. The van der Waals surface area contributed by atoms with Crippen LogP contribution in [0.2, 0.25) is 0 Å². The number of amides is 1. The average molecular weight is 467 g/mol. The van der Waals surface area contributed by atoms with Crippen LogP contribution in [0.15, 0.2) is 58.2 Å². The molecule has 0 bridgehead atoms. The Labute approximate surface area is 199 Å². The third-order valence-corrected chi connectivity index (χ3v) is 6.45. The van der Waals surface area contributed by atoms with Gasteiger partial charge in [0.15, 0.2) is 0 Å². The smallest absolute Gasteiger partial charge is 0.277 e. The highest BCUT2D eigenvalue weighted by Crippen LogP contribution is 2.24. The number of ether oxygens (including phenoxy) is 1. The van der Waals surface area contributed by atoms with E-state index >= 15 is 0 Å². The zero-order valence-corrected chi connectivity index (χ0v) is 20.2. The summed E-state index contributed by atoms with van der Waals surface area (Å²) in [6.07, 6.45) is 2.12. The van der Waals surface area contributed by atoms with Crippen LogP contribution in [0.1, 0.15) is 24.0 Å². The fourth-order valence-electron chi connectivity index (χ4n) is 3.70. The predicted molar refractivity (Wildman–Crippen MR) is 130 cm³/mol. The Bertz CT molecular complexity index is 1040. The number of nitrogens with zero attached hydrogens (tertiary/aromatic N) is 4. The van der Waals surface area contributed by atoms with E-state index in [0.29, 0.717) is 24.2 Å². The van der Waals surface area contributed by atoms with Crippen molar-refractivity contribution < 1.29 is 13.9 Å². The molecule has 33 heavy (non-hydrogen) atoms. The molecule has 1 aromatic heterocycles. The molecule has 1 aliphatic rings. The molecule has 2 aromatic carbocycles. The van der Waals surface area contributed by atoms with Crippen LogP contribution in [0, 0.1) is 6.92 Å². The van der Waals surface area contributed by atoms with Gasteiger partial charge in [-0.3, -0.25) is 4.79 Å². The molecular formula is C25H30N4O3S. The molecule has 0 unspecified atom stereocenters. The average Bonchev–Trinajstić information content (AvgIpc) is 3.50. The molecule has 4 rings (SSSR count). The van der Waals surface area contributed by atoms with Crippen molar-refractivity contribution in [2.75, 3.05) is 37.9 Å². The number of anilines is 1. The van der Waals surface area contributed by atoms with Gasteiger partial charge < -0.3 is 19.0 Å². The Morgan fingerprint density at radius 1 is 1.09 bits per heavy atom. The van der Waals surface area contributed by atoms with Crippen molar-refractivity contribution in [1.82, 2.24) is 15.1 Å². The van der Waals surface area contributed by atoms with Gasteiger partial charge in [0.2, 0.25) is 11.8 Å². The summed E-state index contributed by atoms with van der Waals surface area (Å²) in [5.74, 6) is 0.724. The van der Waals surface area contributed by atoms with Crippen LogP contribution in [0.5, 0.6) is 0 Å². The maximum Gasteiger partial charge on any atom is 0.277 e. The molecule has 0 aliphatic carbocycles. The monoisotopic (exact) mass is 466 g/mol. The standard InChI is InChI=1S/C25H30N4O3S/c1-18-6-10-20(11-7-18)24-26-27-25(32-24)33-17-23(30)29(16-22-5-4-14-31-22)15-19-8-12-21(13-9-19)28(2)3/h6-13,22H,4-5,14-17H2,1-3H3/t22-/m0/s1. The van der Waals surface area contributed by atoms with Crippen molar-refractivity contribution in [3.05, 3.63) is 59.7 Å². The first-order valence-electron chi connectivity index (χ1n) is 11.2. The summed E-state index contributed by atoms with van der Waals surface area (Å²) in [6, 6.07) is 16.2. The molecular weight excluding hydrogens is 436 g/mol. The van der Waals surface area contributed by atoms with E-state index in [1.165, 1.54) is 17.3 Å². The summed E-state index contributed by atoms with van der Waals surface area (Å²) < 4.78 is 11.6. The zero-order chi connectivity index (χ0) is 23.2. The molecule has 1 atom stereocenters. The van der Waals surface area contributed by atoms with Gasteiger partial charge in [-0.15, -0.1) is 10.2 Å². The molecule has 2 heterocycles. The summed E-state index contributed by atoms with van der Waals surface area (Å²) in [4.78, 5) is 17.1. The van der Waals surface area contributed by atoms with Crippen molar-refractivity contribution in [2.24, 2.45) is 0 Å². The SMILES string of the molecule is Cc1ccc(-c2nnc(SCC(=O)N(Cc3ccc(N(C)C)cc3)C[C@@H]3CCCO3)o2)cc1. The fourth-order valence-corrected chi connectivity index (χ4v) is 4.37. The maximum atomic E-state index is 13.1. The quantitative estimate of drug-likeness (QED) is 0.433. The van der Waals surface area contributed by atoms with Crippen LogP contribution in [0.25, 0.3) is 11.5 Å². The van der Waals surface area contributed by atoms with E-state index in [9.17, 15) is 4.79 Å². The van der Waals surface area contributed by atoms with Crippen molar-refractivity contribution in [3.8, 4) is 11.5 Å². The third kappa shape index (κ3) is 6.36. The van der Waals surface area contributed by atoms with Crippen molar-refractivity contribution >= 4 is 23.4 Å². The summed E-state index contributed by atoms with van der Waals surface area (Å²) >= 11 is 1.27. The topological polar surface area (TPSA) is 71.7 Å². The normalized spacial score (nSPS) is 15.5. The first kappa shape index (κ1) is 23.3. The second-order valence-electron chi connectivity index (χ2n) is 8.50. The maximum absolute atomic E-state index is 13.1. The van der Waals surface area contributed by atoms with Gasteiger partial charge in [-0.1, -0.05) is 41.6 Å². The van der Waals surface area contributed by atoms with E-state index in [2.05, 4.69) is 39.4 Å². The third-order valence-electron chi connectivity index (χ3n) is 5.65. The Morgan fingerprint density at radius 3 is 2.52 bits per heavy atom. The minimum Gasteiger partial charge on any atom is -0.411 e. The van der Waals surface area contributed by atoms with Crippen LogP contribution in [-0.2, 0) is 16.1 Å². The molecule has 0 saturated carbocycles. The van der Waals surface area contributed by atoms with E-state index in [-0.39, 0.29) is 17.8 Å². The van der Waals surface area contributed by atoms with Crippen LogP contribution < -0.4 is 4.90 Å². The number of carbonyl (C=O) groups excluding carboxylic acids is 1. The predicted octanol–water partition coefficient (Wildman–Crippen LogP) is 4.41. The van der Waals surface area contributed by atoms with Gasteiger partial charge in [-0.25, -0.2) is 0 Å². The van der Waals surface area contributed by atoms with Gasteiger partial charge >= 0.3 is 0 Å². The van der Waals surface area contributed by atoms with E-state index in [1.54, 1.807) is 0 Å². The number of aryl methyl sites for hydroxylation is 1. The van der Waals surface area contributed by atoms with E-state index in [0.717, 1.165) is 36.3 Å². The van der Waals surface area contributed by atoms with Crippen LogP contribution in [0.3, 0.4) is 0 Å². The molecule has 0 N–H and O–H groups in total. The molecule has 1 fully saturated rings. The lowest BCUT2D eigenvalue weighted by Crippen LogP contribution is -2.38. The molecule has 3 aromatic rings. The molecule has 1 saturated heterocycles. The van der Waals surface area contributed by atoms with Gasteiger partial charge in [0, 0.05) is 45.0 Å². The van der Waals surface area contributed by atoms with Gasteiger partial charge in [0.1, 0.15) is 0 Å². The van der Waals surface area contributed by atoms with Crippen molar-refractivity contribution in [3.63, 3.8) is 0 Å². The zero-order valence-electron chi connectivity index (χ0n) is 19.4. The number of rotatable bonds is 9. The molecule has 174 valence electrons. The lowest BCUT2D eigenvalue weighted by atomic mass is 10.1. The molecule has 0 spiro atoms. The summed E-state index contributed by atoms with van der Waals surface area (Å²) in [6.45, 7) is 3.94. The van der Waals surface area contributed by atoms with Crippen LogP contribution >= 0.6 is 11.8 Å². The van der Waals surface area contributed by atoms with Gasteiger partial charge in [-0.2, -0.15) is 0 Å². The molecule has 1 aliphatic heterocycles. The van der Waals surface area contributed by atoms with Gasteiger partial charge in [0.25, 0.3) is 5.22 Å². The van der Waals surface area contributed by atoms with Gasteiger partial charge in [-0.05, 0) is 49.6 Å². The fraction of sp³-hybridized carbons (Fsp3) is 0.400. The number of hydrogen-bond acceptors (Lipinski definition) is 7. The number of thioether (sulfide) groups is 1. The highest BCUT2D eigenvalue weighted by molar-refractivity contribution is 7.99. The molecule has 7 nitrogen and oxygen atoms in total. The highest BCUT2D eigenvalue weighted by Gasteiger charge is 2.23.